The van der Waals surface area contributed by atoms with E-state index in [9.17, 15) is 9.59 Å². The highest BCUT2D eigenvalue weighted by atomic mass is 35.5. The third kappa shape index (κ3) is 3.79. The number of halogens is 2. The Morgan fingerprint density at radius 2 is 2.17 bits per heavy atom. The number of rotatable bonds is 4. The van der Waals surface area contributed by atoms with Crippen molar-refractivity contribution in [2.45, 2.75) is 25.4 Å². The highest BCUT2D eigenvalue weighted by Gasteiger charge is 2.35. The molecule has 5 nitrogen and oxygen atoms in total. The fourth-order valence-corrected chi connectivity index (χ4v) is 3.24. The first-order valence-electron chi connectivity index (χ1n) is 7.69. The molecule has 1 aromatic rings. The molecule has 0 saturated carbocycles. The van der Waals surface area contributed by atoms with E-state index in [1.165, 1.54) is 0 Å². The van der Waals surface area contributed by atoms with Gasteiger partial charge in [0.2, 0.25) is 11.8 Å². The van der Waals surface area contributed by atoms with Crippen LogP contribution in [0, 0.1) is 5.92 Å². The Kier molecular flexibility index (Phi) is 5.09. The van der Waals surface area contributed by atoms with Crippen molar-refractivity contribution < 1.29 is 14.3 Å². The number of ether oxygens (including phenoxy) is 1. The molecule has 2 aliphatic heterocycles. The number of hydrogen-bond acceptors (Lipinski definition) is 3. The fraction of sp³-hybridized carbons (Fsp3) is 0.500. The van der Waals surface area contributed by atoms with Crippen molar-refractivity contribution in [2.24, 2.45) is 5.92 Å². The van der Waals surface area contributed by atoms with Crippen LogP contribution in [0.4, 0.5) is 5.69 Å². The van der Waals surface area contributed by atoms with Gasteiger partial charge in [0.05, 0.1) is 22.1 Å². The van der Waals surface area contributed by atoms with Gasteiger partial charge < -0.3 is 15.0 Å². The van der Waals surface area contributed by atoms with Crippen LogP contribution in [-0.2, 0) is 14.3 Å². The zero-order chi connectivity index (χ0) is 16.4. The van der Waals surface area contributed by atoms with E-state index in [4.69, 9.17) is 27.9 Å². The van der Waals surface area contributed by atoms with Crippen LogP contribution in [-0.4, -0.2) is 37.6 Å². The van der Waals surface area contributed by atoms with Crippen molar-refractivity contribution in [1.82, 2.24) is 5.32 Å². The van der Waals surface area contributed by atoms with Crippen molar-refractivity contribution in [3.63, 3.8) is 0 Å². The number of benzene rings is 1. The highest BCUT2D eigenvalue weighted by Crippen LogP contribution is 2.31. The summed E-state index contributed by atoms with van der Waals surface area (Å²) < 4.78 is 5.48. The van der Waals surface area contributed by atoms with Crippen LogP contribution in [0.2, 0.25) is 10.0 Å². The SMILES string of the molecule is O=C(NCC1CCCO1)C1CC(=O)N(c2ccc(Cl)c(Cl)c2)C1. The first-order valence-corrected chi connectivity index (χ1v) is 8.45. The molecule has 2 aliphatic rings. The van der Waals surface area contributed by atoms with Crippen LogP contribution < -0.4 is 10.2 Å². The molecule has 0 aromatic heterocycles. The molecule has 3 rings (SSSR count). The third-order valence-electron chi connectivity index (χ3n) is 4.24. The van der Waals surface area contributed by atoms with Gasteiger partial charge in [-0.1, -0.05) is 23.2 Å². The van der Waals surface area contributed by atoms with E-state index < -0.39 is 0 Å². The molecule has 0 bridgehead atoms. The maximum absolute atomic E-state index is 12.3. The average Bonchev–Trinajstić information content (AvgIpc) is 3.17. The zero-order valence-electron chi connectivity index (χ0n) is 12.6. The minimum atomic E-state index is -0.349. The Morgan fingerprint density at radius 1 is 1.35 bits per heavy atom. The third-order valence-corrected chi connectivity index (χ3v) is 4.98. The Hall–Kier alpha value is -1.30. The summed E-state index contributed by atoms with van der Waals surface area (Å²) >= 11 is 11.9. The van der Waals surface area contributed by atoms with E-state index >= 15 is 0 Å². The summed E-state index contributed by atoms with van der Waals surface area (Å²) in [5.74, 6) is -0.532. The summed E-state index contributed by atoms with van der Waals surface area (Å²) in [6.45, 7) is 1.62. The number of nitrogens with zero attached hydrogens (tertiary/aromatic N) is 1. The van der Waals surface area contributed by atoms with Crippen LogP contribution in [0.1, 0.15) is 19.3 Å². The Balaban J connectivity index is 1.59. The van der Waals surface area contributed by atoms with Crippen molar-refractivity contribution >= 4 is 40.7 Å². The van der Waals surface area contributed by atoms with E-state index in [1.54, 1.807) is 23.1 Å². The van der Waals surface area contributed by atoms with E-state index in [2.05, 4.69) is 5.32 Å². The summed E-state index contributed by atoms with van der Waals surface area (Å²) in [6, 6.07) is 5.03. The smallest absolute Gasteiger partial charge is 0.227 e. The van der Waals surface area contributed by atoms with Crippen molar-refractivity contribution in [3.8, 4) is 0 Å². The predicted octanol–water partition coefficient (Wildman–Crippen LogP) is 2.64. The molecule has 2 amide bonds. The Labute approximate surface area is 144 Å². The van der Waals surface area contributed by atoms with E-state index in [0.717, 1.165) is 19.4 Å². The van der Waals surface area contributed by atoms with Gasteiger partial charge in [-0.15, -0.1) is 0 Å². The number of nitrogens with one attached hydrogen (secondary N) is 1. The van der Waals surface area contributed by atoms with Gasteiger partial charge in [-0.25, -0.2) is 0 Å². The van der Waals surface area contributed by atoms with Crippen molar-refractivity contribution in [2.75, 3.05) is 24.6 Å². The lowest BCUT2D eigenvalue weighted by Crippen LogP contribution is -2.37. The van der Waals surface area contributed by atoms with Crippen molar-refractivity contribution in [1.29, 1.82) is 0 Å². The first kappa shape index (κ1) is 16.6. The summed E-state index contributed by atoms with van der Waals surface area (Å²) in [7, 11) is 0. The molecular weight excluding hydrogens is 339 g/mol. The topological polar surface area (TPSA) is 58.6 Å². The largest absolute Gasteiger partial charge is 0.376 e. The summed E-state index contributed by atoms with van der Waals surface area (Å²) in [6.07, 6.45) is 2.31. The molecule has 2 unspecified atom stereocenters. The van der Waals surface area contributed by atoms with Gasteiger partial charge in [0.1, 0.15) is 0 Å². The molecule has 0 spiro atoms. The molecule has 0 radical (unpaired) electrons. The molecule has 2 fully saturated rings. The fourth-order valence-electron chi connectivity index (χ4n) is 2.95. The van der Waals surface area contributed by atoms with Crippen LogP contribution in [0.15, 0.2) is 18.2 Å². The predicted molar refractivity (Wildman–Crippen MR) is 88.9 cm³/mol. The second kappa shape index (κ2) is 7.07. The second-order valence-corrected chi connectivity index (χ2v) is 6.70. The lowest BCUT2D eigenvalue weighted by molar-refractivity contribution is -0.126. The Bertz CT molecular complexity index is 617. The van der Waals surface area contributed by atoms with E-state index in [0.29, 0.717) is 28.8 Å². The molecule has 1 aromatic carbocycles. The van der Waals surface area contributed by atoms with Crippen LogP contribution in [0.3, 0.4) is 0 Å². The summed E-state index contributed by atoms with van der Waals surface area (Å²) in [5.41, 5.74) is 0.666. The molecule has 2 saturated heterocycles. The van der Waals surface area contributed by atoms with E-state index in [1.807, 2.05) is 0 Å². The highest BCUT2D eigenvalue weighted by molar-refractivity contribution is 6.42. The monoisotopic (exact) mass is 356 g/mol. The lowest BCUT2D eigenvalue weighted by atomic mass is 10.1. The normalized spacial score (nSPS) is 24.3. The van der Waals surface area contributed by atoms with Gasteiger partial charge >= 0.3 is 0 Å². The molecule has 124 valence electrons. The minimum Gasteiger partial charge on any atom is -0.376 e. The number of anilines is 1. The standard InChI is InChI=1S/C16H18Cl2N2O3/c17-13-4-3-11(7-14(13)18)20-9-10(6-15(20)21)16(22)19-8-12-2-1-5-23-12/h3-4,7,10,12H,1-2,5-6,8-9H2,(H,19,22). The molecule has 7 heteroatoms. The molecule has 2 atom stereocenters. The van der Waals surface area contributed by atoms with E-state index in [-0.39, 0.29) is 30.3 Å². The van der Waals surface area contributed by atoms with Crippen molar-refractivity contribution in [3.05, 3.63) is 28.2 Å². The van der Waals surface area contributed by atoms with Crippen LogP contribution in [0.25, 0.3) is 0 Å². The molecule has 23 heavy (non-hydrogen) atoms. The van der Waals surface area contributed by atoms with Gasteiger partial charge in [0, 0.05) is 31.8 Å². The number of carbonyl (C=O) groups excluding carboxylic acids is 2. The van der Waals surface area contributed by atoms with Gasteiger partial charge in [-0.2, -0.15) is 0 Å². The van der Waals surface area contributed by atoms with Crippen LogP contribution >= 0.6 is 23.2 Å². The number of hydrogen-bond donors (Lipinski definition) is 1. The number of amides is 2. The quantitative estimate of drug-likeness (QED) is 0.901. The Morgan fingerprint density at radius 3 is 2.87 bits per heavy atom. The van der Waals surface area contributed by atoms with Crippen LogP contribution in [0.5, 0.6) is 0 Å². The average molecular weight is 357 g/mol. The van der Waals surface area contributed by atoms with Gasteiger partial charge in [-0.3, -0.25) is 9.59 Å². The van der Waals surface area contributed by atoms with Gasteiger partial charge in [0.25, 0.3) is 0 Å². The van der Waals surface area contributed by atoms with Gasteiger partial charge in [-0.05, 0) is 31.0 Å². The molecular formula is C16H18Cl2N2O3. The minimum absolute atomic E-state index is 0.0827. The summed E-state index contributed by atoms with van der Waals surface area (Å²) in [4.78, 5) is 26.0. The molecule has 0 aliphatic carbocycles. The molecule has 1 N–H and O–H groups in total. The number of carbonyl (C=O) groups is 2. The second-order valence-electron chi connectivity index (χ2n) is 5.88. The summed E-state index contributed by atoms with van der Waals surface area (Å²) in [5, 5.41) is 3.72. The first-order chi connectivity index (χ1) is 11.0. The van der Waals surface area contributed by atoms with Gasteiger partial charge in [0.15, 0.2) is 0 Å². The lowest BCUT2D eigenvalue weighted by Gasteiger charge is -2.18. The maximum Gasteiger partial charge on any atom is 0.227 e. The zero-order valence-corrected chi connectivity index (χ0v) is 14.1. The molecule has 2 heterocycles. The maximum atomic E-state index is 12.3.